The Bertz CT molecular complexity index is 1470. The molecule has 0 fully saturated rings. The van der Waals surface area contributed by atoms with Gasteiger partial charge in [0.15, 0.2) is 11.5 Å². The third kappa shape index (κ3) is 3.01. The van der Waals surface area contributed by atoms with Crippen LogP contribution < -0.4 is 0 Å². The number of imidazole rings is 1. The first-order valence-corrected chi connectivity index (χ1v) is 10.3. The molecule has 0 aliphatic carbocycles. The molecule has 10 heteroatoms. The summed E-state index contributed by atoms with van der Waals surface area (Å²) in [6, 6.07) is 12.0. The minimum absolute atomic E-state index is 0.275. The van der Waals surface area contributed by atoms with Gasteiger partial charge in [0.1, 0.15) is 12.1 Å². The van der Waals surface area contributed by atoms with Gasteiger partial charge in [0, 0.05) is 17.9 Å². The predicted octanol–water partition coefficient (Wildman–Crippen LogP) is 4.10. The summed E-state index contributed by atoms with van der Waals surface area (Å²) in [5, 5.41) is 13.4. The Hall–Kier alpha value is -3.85. The van der Waals surface area contributed by atoms with Crippen LogP contribution in [0.3, 0.4) is 0 Å². The lowest BCUT2D eigenvalue weighted by molar-refractivity contribution is 0.424. The first kappa shape index (κ1) is 18.9. The van der Waals surface area contributed by atoms with Gasteiger partial charge in [-0.1, -0.05) is 34.1 Å². The fraction of sp³-hybridized carbons (Fsp3) is 0.136. The second kappa shape index (κ2) is 7.10. The van der Waals surface area contributed by atoms with Crippen LogP contribution in [-0.2, 0) is 12.8 Å². The maximum atomic E-state index is 13.4. The minimum atomic E-state index is -0.275. The molecule has 4 heterocycles. The zero-order valence-electron chi connectivity index (χ0n) is 16.8. The first-order valence-electron chi connectivity index (χ1n) is 9.92. The largest absolute Gasteiger partial charge is 0.332 e. The lowest BCUT2D eigenvalue weighted by atomic mass is 10.1. The standard InChI is InChI=1S/C22H15ClFN7O/c1-12-26-22(32-28-12)21-20-10-18-16(8-13-2-5-15(24)6-3-13)27-29-31(18)19-9-14(23)4-7-17(19)30(20)11-25-21/h2-7,9,11H,8,10H2,1H3. The molecule has 0 saturated heterocycles. The molecule has 1 aliphatic rings. The average Bonchev–Trinajstić information content (AvgIpc) is 3.48. The lowest BCUT2D eigenvalue weighted by Gasteiger charge is -2.09. The summed E-state index contributed by atoms with van der Waals surface area (Å²) in [6.07, 6.45) is 2.72. The Balaban J connectivity index is 1.54. The molecule has 0 unspecified atom stereocenters. The SMILES string of the molecule is Cc1noc(-c2ncn3c2Cc2c(Cc4ccc(F)cc4)nnn2-c2cc(Cl)ccc2-3)n1. The summed E-state index contributed by atoms with van der Waals surface area (Å²) >= 11 is 6.32. The summed E-state index contributed by atoms with van der Waals surface area (Å²) in [5.41, 5.74) is 5.73. The van der Waals surface area contributed by atoms with Gasteiger partial charge in [-0.3, -0.25) is 4.57 Å². The smallest absolute Gasteiger partial charge is 0.278 e. The number of rotatable bonds is 3. The Morgan fingerprint density at radius 2 is 1.94 bits per heavy atom. The summed E-state index contributed by atoms with van der Waals surface area (Å²) in [5.74, 6) is 0.613. The molecule has 158 valence electrons. The highest BCUT2D eigenvalue weighted by Gasteiger charge is 2.28. The second-order valence-electron chi connectivity index (χ2n) is 7.56. The van der Waals surface area contributed by atoms with Gasteiger partial charge in [-0.25, -0.2) is 14.1 Å². The van der Waals surface area contributed by atoms with Crippen molar-refractivity contribution in [2.45, 2.75) is 19.8 Å². The zero-order chi connectivity index (χ0) is 21.8. The summed E-state index contributed by atoms with van der Waals surface area (Å²) in [7, 11) is 0. The maximum Gasteiger partial charge on any atom is 0.278 e. The molecule has 0 saturated carbocycles. The van der Waals surface area contributed by atoms with E-state index in [2.05, 4.69) is 25.4 Å². The zero-order valence-corrected chi connectivity index (χ0v) is 17.6. The van der Waals surface area contributed by atoms with Crippen LogP contribution in [-0.4, -0.2) is 34.7 Å². The van der Waals surface area contributed by atoms with Gasteiger partial charge < -0.3 is 4.52 Å². The quantitative estimate of drug-likeness (QED) is 0.406. The molecule has 1 aliphatic heterocycles. The second-order valence-corrected chi connectivity index (χ2v) is 8.00. The average molecular weight is 448 g/mol. The van der Waals surface area contributed by atoms with Gasteiger partial charge in [0.25, 0.3) is 5.89 Å². The number of aryl methyl sites for hydroxylation is 1. The van der Waals surface area contributed by atoms with Crippen molar-refractivity contribution in [3.63, 3.8) is 0 Å². The van der Waals surface area contributed by atoms with Crippen LogP contribution in [0.1, 0.15) is 28.5 Å². The van der Waals surface area contributed by atoms with Gasteiger partial charge in [-0.2, -0.15) is 4.98 Å². The topological polar surface area (TPSA) is 87.5 Å². The number of hydrogen-bond acceptors (Lipinski definition) is 6. The highest BCUT2D eigenvalue weighted by Crippen LogP contribution is 2.34. The van der Waals surface area contributed by atoms with Crippen LogP contribution in [0.5, 0.6) is 0 Å². The minimum Gasteiger partial charge on any atom is -0.332 e. The Labute approximate surface area is 186 Å². The van der Waals surface area contributed by atoms with E-state index in [0.717, 1.165) is 34.0 Å². The number of nitrogens with zero attached hydrogens (tertiary/aromatic N) is 7. The van der Waals surface area contributed by atoms with E-state index in [1.165, 1.54) is 12.1 Å². The van der Waals surface area contributed by atoms with Crippen LogP contribution in [0.25, 0.3) is 23.0 Å². The van der Waals surface area contributed by atoms with Crippen molar-refractivity contribution in [2.75, 3.05) is 0 Å². The van der Waals surface area contributed by atoms with E-state index in [1.54, 1.807) is 30.1 Å². The Morgan fingerprint density at radius 1 is 1.09 bits per heavy atom. The van der Waals surface area contributed by atoms with Crippen molar-refractivity contribution in [1.29, 1.82) is 0 Å². The molecule has 6 rings (SSSR count). The molecule has 0 radical (unpaired) electrons. The summed E-state index contributed by atoms with van der Waals surface area (Å²) in [4.78, 5) is 8.92. The molecule has 0 N–H and O–H groups in total. The van der Waals surface area contributed by atoms with Gasteiger partial charge >= 0.3 is 0 Å². The van der Waals surface area contributed by atoms with Crippen molar-refractivity contribution in [3.8, 4) is 23.0 Å². The molecule has 0 amide bonds. The van der Waals surface area contributed by atoms with Gasteiger partial charge in [-0.15, -0.1) is 5.10 Å². The highest BCUT2D eigenvalue weighted by atomic mass is 35.5. The molecule has 32 heavy (non-hydrogen) atoms. The van der Waals surface area contributed by atoms with Crippen LogP contribution in [0, 0.1) is 12.7 Å². The monoisotopic (exact) mass is 447 g/mol. The molecular weight excluding hydrogens is 433 g/mol. The predicted molar refractivity (Wildman–Crippen MR) is 114 cm³/mol. The summed E-state index contributed by atoms with van der Waals surface area (Å²) < 4.78 is 22.5. The van der Waals surface area contributed by atoms with Gasteiger partial charge in [0.2, 0.25) is 0 Å². The highest BCUT2D eigenvalue weighted by molar-refractivity contribution is 6.30. The van der Waals surface area contributed by atoms with E-state index < -0.39 is 0 Å². The molecule has 2 aromatic carbocycles. The van der Waals surface area contributed by atoms with E-state index in [9.17, 15) is 4.39 Å². The van der Waals surface area contributed by atoms with E-state index in [1.807, 2.05) is 22.8 Å². The molecule has 0 spiro atoms. The van der Waals surface area contributed by atoms with Crippen molar-refractivity contribution in [3.05, 3.63) is 88.1 Å². The van der Waals surface area contributed by atoms with Crippen molar-refractivity contribution >= 4 is 11.6 Å². The van der Waals surface area contributed by atoms with Crippen LogP contribution >= 0.6 is 11.6 Å². The van der Waals surface area contributed by atoms with Crippen molar-refractivity contribution in [1.82, 2.24) is 34.7 Å². The third-order valence-electron chi connectivity index (χ3n) is 5.49. The van der Waals surface area contributed by atoms with E-state index in [0.29, 0.717) is 35.3 Å². The third-order valence-corrected chi connectivity index (χ3v) is 5.72. The van der Waals surface area contributed by atoms with Crippen molar-refractivity contribution in [2.24, 2.45) is 0 Å². The lowest BCUT2D eigenvalue weighted by Crippen LogP contribution is -2.04. The number of hydrogen-bond donors (Lipinski definition) is 0. The van der Waals surface area contributed by atoms with Crippen LogP contribution in [0.15, 0.2) is 53.3 Å². The van der Waals surface area contributed by atoms with Gasteiger partial charge in [-0.05, 0) is 42.8 Å². The van der Waals surface area contributed by atoms with E-state index in [4.69, 9.17) is 16.1 Å². The Morgan fingerprint density at radius 3 is 2.72 bits per heavy atom. The molecule has 8 nitrogen and oxygen atoms in total. The molecule has 5 aromatic rings. The van der Waals surface area contributed by atoms with E-state index >= 15 is 0 Å². The van der Waals surface area contributed by atoms with Gasteiger partial charge in [0.05, 0.1) is 28.5 Å². The fourth-order valence-electron chi connectivity index (χ4n) is 3.99. The fourth-order valence-corrected chi connectivity index (χ4v) is 4.15. The normalized spacial score (nSPS) is 12.2. The van der Waals surface area contributed by atoms with Crippen LogP contribution in [0.4, 0.5) is 4.39 Å². The Kier molecular flexibility index (Phi) is 4.19. The summed E-state index contributed by atoms with van der Waals surface area (Å²) in [6.45, 7) is 1.76. The maximum absolute atomic E-state index is 13.4. The molecule has 0 bridgehead atoms. The number of fused-ring (bicyclic) bond motifs is 5. The van der Waals surface area contributed by atoms with Crippen molar-refractivity contribution < 1.29 is 8.91 Å². The molecule has 0 atom stereocenters. The van der Waals surface area contributed by atoms with Crippen LogP contribution in [0.2, 0.25) is 5.02 Å². The number of aromatic nitrogens is 7. The van der Waals surface area contributed by atoms with E-state index in [-0.39, 0.29) is 5.82 Å². The number of benzene rings is 2. The molecule has 3 aromatic heterocycles. The number of halogens is 2. The molecular formula is C22H15ClFN7O. The first-order chi connectivity index (χ1) is 15.6.